The molecule has 9 heteroatoms. The van der Waals surface area contributed by atoms with Gasteiger partial charge >= 0.3 is 0 Å². The van der Waals surface area contributed by atoms with Crippen LogP contribution in [0.2, 0.25) is 0 Å². The molecule has 30 heavy (non-hydrogen) atoms. The molecule has 2 N–H and O–H groups in total. The lowest BCUT2D eigenvalue weighted by atomic mass is 9.85. The molecule has 4 rings (SSSR count). The maximum Gasteiger partial charge on any atom is 0.233 e. The Hall–Kier alpha value is -1.91. The minimum Gasteiger partial charge on any atom is -0.361 e. The van der Waals surface area contributed by atoms with Gasteiger partial charge in [0.2, 0.25) is 11.8 Å². The fourth-order valence-corrected chi connectivity index (χ4v) is 5.02. The van der Waals surface area contributed by atoms with Gasteiger partial charge in [0, 0.05) is 32.2 Å². The van der Waals surface area contributed by atoms with Crippen molar-refractivity contribution in [3.63, 3.8) is 0 Å². The second-order valence-electron chi connectivity index (χ2n) is 8.16. The Bertz CT molecular complexity index is 815. The average molecular weight is 527 g/mol. The lowest BCUT2D eigenvalue weighted by Gasteiger charge is -2.18. The van der Waals surface area contributed by atoms with Crippen LogP contribution in [0.15, 0.2) is 21.7 Å². The van der Waals surface area contributed by atoms with Crippen LogP contribution in [0.1, 0.15) is 29.9 Å². The number of amides is 2. The zero-order valence-corrected chi connectivity index (χ0v) is 20.0. The standard InChI is InChI=1S/C21H29N5O3.HI/c1-12-16(13(2)29-25-12)5-4-8-23-21(22-3)24-9-10-26-19(27)17-14-6-7-15(11-14)18(17)20(26)28;/h6-7,14-15,17-18H,4-5,8-11H2,1-3H3,(H2,22,23,24);1H. The van der Waals surface area contributed by atoms with Crippen molar-refractivity contribution in [2.75, 3.05) is 26.7 Å². The Balaban J connectivity index is 0.00000256. The zero-order valence-electron chi connectivity index (χ0n) is 17.7. The number of aliphatic imine (C=N–C) groups is 1. The summed E-state index contributed by atoms with van der Waals surface area (Å²) >= 11 is 0. The maximum atomic E-state index is 12.7. The van der Waals surface area contributed by atoms with Crippen LogP contribution < -0.4 is 10.6 Å². The molecule has 3 aliphatic rings. The summed E-state index contributed by atoms with van der Waals surface area (Å²) in [5, 5.41) is 10.5. The molecule has 2 aliphatic carbocycles. The molecule has 0 aromatic carbocycles. The number of rotatable bonds is 7. The van der Waals surface area contributed by atoms with E-state index in [0.29, 0.717) is 19.0 Å². The van der Waals surface area contributed by atoms with Gasteiger partial charge in [0.1, 0.15) is 5.76 Å². The first kappa shape index (κ1) is 22.8. The highest BCUT2D eigenvalue weighted by Crippen LogP contribution is 2.52. The van der Waals surface area contributed by atoms with Crippen LogP contribution in [-0.4, -0.2) is 54.5 Å². The summed E-state index contributed by atoms with van der Waals surface area (Å²) in [4.78, 5) is 31.1. The number of allylic oxidation sites excluding steroid dienone is 2. The molecule has 8 nitrogen and oxygen atoms in total. The van der Waals surface area contributed by atoms with Crippen molar-refractivity contribution < 1.29 is 14.1 Å². The molecule has 164 valence electrons. The molecule has 1 aromatic heterocycles. The van der Waals surface area contributed by atoms with Crippen molar-refractivity contribution in [3.8, 4) is 0 Å². The Labute approximate surface area is 193 Å². The van der Waals surface area contributed by atoms with Crippen LogP contribution in [0.25, 0.3) is 0 Å². The number of hydrogen-bond acceptors (Lipinski definition) is 5. The van der Waals surface area contributed by atoms with Gasteiger partial charge in [-0.1, -0.05) is 17.3 Å². The van der Waals surface area contributed by atoms with Gasteiger partial charge in [0.15, 0.2) is 5.96 Å². The van der Waals surface area contributed by atoms with Crippen LogP contribution in [0.5, 0.6) is 0 Å². The van der Waals surface area contributed by atoms with E-state index in [0.717, 1.165) is 42.8 Å². The number of hydrogen-bond donors (Lipinski definition) is 2. The fraction of sp³-hybridized carbons (Fsp3) is 0.619. The third-order valence-corrected chi connectivity index (χ3v) is 6.49. The van der Waals surface area contributed by atoms with E-state index in [9.17, 15) is 9.59 Å². The number of halogens is 1. The van der Waals surface area contributed by atoms with Crippen molar-refractivity contribution in [3.05, 3.63) is 29.2 Å². The number of aryl methyl sites for hydroxylation is 2. The third-order valence-electron chi connectivity index (χ3n) is 6.49. The van der Waals surface area contributed by atoms with E-state index >= 15 is 0 Å². The summed E-state index contributed by atoms with van der Waals surface area (Å²) in [5.41, 5.74) is 2.10. The van der Waals surface area contributed by atoms with Gasteiger partial charge in [-0.15, -0.1) is 24.0 Å². The largest absolute Gasteiger partial charge is 0.361 e. The SMILES string of the molecule is CN=C(NCCCc1c(C)noc1C)NCCN1C(=O)C2C3C=CC(C3)C2C1=O.I. The van der Waals surface area contributed by atoms with Crippen molar-refractivity contribution >= 4 is 41.8 Å². The number of likely N-dealkylation sites (tertiary alicyclic amines) is 1. The monoisotopic (exact) mass is 527 g/mol. The second kappa shape index (κ2) is 9.49. The predicted octanol–water partition coefficient (Wildman–Crippen LogP) is 1.81. The topological polar surface area (TPSA) is 99.8 Å². The number of guanidine groups is 1. The molecule has 4 unspecified atom stereocenters. The molecular weight excluding hydrogens is 497 g/mol. The van der Waals surface area contributed by atoms with E-state index in [1.165, 1.54) is 4.90 Å². The first-order valence-corrected chi connectivity index (χ1v) is 10.4. The van der Waals surface area contributed by atoms with Crippen molar-refractivity contribution in [2.45, 2.75) is 33.1 Å². The first-order chi connectivity index (χ1) is 14.0. The van der Waals surface area contributed by atoms with Gasteiger partial charge in [-0.25, -0.2) is 0 Å². The fourth-order valence-electron chi connectivity index (χ4n) is 5.02. The zero-order chi connectivity index (χ0) is 20.5. The van der Waals surface area contributed by atoms with Gasteiger partial charge < -0.3 is 15.2 Å². The van der Waals surface area contributed by atoms with Crippen LogP contribution >= 0.6 is 24.0 Å². The summed E-state index contributed by atoms with van der Waals surface area (Å²) in [6.07, 6.45) is 7.01. The van der Waals surface area contributed by atoms with Crippen LogP contribution in [0.3, 0.4) is 0 Å². The minimum absolute atomic E-state index is 0. The molecule has 0 spiro atoms. The van der Waals surface area contributed by atoms with Gasteiger partial charge in [0.05, 0.1) is 17.5 Å². The van der Waals surface area contributed by atoms with Crippen LogP contribution in [0, 0.1) is 37.5 Å². The van der Waals surface area contributed by atoms with Crippen LogP contribution in [-0.2, 0) is 16.0 Å². The molecule has 4 atom stereocenters. The van der Waals surface area contributed by atoms with E-state index < -0.39 is 0 Å². The molecule has 2 bridgehead atoms. The number of nitrogens with one attached hydrogen (secondary N) is 2. The van der Waals surface area contributed by atoms with Crippen LogP contribution in [0.4, 0.5) is 0 Å². The summed E-state index contributed by atoms with van der Waals surface area (Å²) < 4.78 is 5.19. The Kier molecular flexibility index (Phi) is 7.20. The van der Waals surface area contributed by atoms with Gasteiger partial charge in [-0.3, -0.25) is 19.5 Å². The number of fused-ring (bicyclic) bond motifs is 5. The molecule has 2 amide bonds. The van der Waals surface area contributed by atoms with E-state index in [-0.39, 0.29) is 59.5 Å². The lowest BCUT2D eigenvalue weighted by Crippen LogP contribution is -2.44. The summed E-state index contributed by atoms with van der Waals surface area (Å²) in [6.45, 7) is 5.51. The second-order valence-corrected chi connectivity index (χ2v) is 8.16. The molecule has 1 saturated heterocycles. The smallest absolute Gasteiger partial charge is 0.233 e. The number of nitrogens with zero attached hydrogens (tertiary/aromatic N) is 3. The van der Waals surface area contributed by atoms with E-state index in [2.05, 4.69) is 32.9 Å². The van der Waals surface area contributed by atoms with E-state index in [4.69, 9.17) is 4.52 Å². The van der Waals surface area contributed by atoms with E-state index in [1.54, 1.807) is 7.05 Å². The van der Waals surface area contributed by atoms with Crippen molar-refractivity contribution in [1.29, 1.82) is 0 Å². The molecule has 1 aromatic rings. The first-order valence-electron chi connectivity index (χ1n) is 10.4. The lowest BCUT2D eigenvalue weighted by molar-refractivity contribution is -0.140. The Morgan fingerprint density at radius 3 is 2.37 bits per heavy atom. The molecule has 1 aliphatic heterocycles. The molecule has 1 saturated carbocycles. The van der Waals surface area contributed by atoms with Gasteiger partial charge in [-0.05, 0) is 44.9 Å². The molecular formula is C21H30IN5O3. The highest BCUT2D eigenvalue weighted by Gasteiger charge is 2.58. The summed E-state index contributed by atoms with van der Waals surface area (Å²) in [7, 11) is 1.71. The van der Waals surface area contributed by atoms with Gasteiger partial charge in [0.25, 0.3) is 0 Å². The van der Waals surface area contributed by atoms with Crippen molar-refractivity contribution in [2.24, 2.45) is 28.7 Å². The third kappa shape index (κ3) is 4.13. The maximum absolute atomic E-state index is 12.7. The Morgan fingerprint density at radius 1 is 1.17 bits per heavy atom. The molecule has 2 heterocycles. The summed E-state index contributed by atoms with van der Waals surface area (Å²) in [6, 6.07) is 0. The Morgan fingerprint density at radius 2 is 1.80 bits per heavy atom. The van der Waals surface area contributed by atoms with E-state index in [1.807, 2.05) is 13.8 Å². The highest BCUT2D eigenvalue weighted by molar-refractivity contribution is 14.0. The number of carbonyl (C=O) groups excluding carboxylic acids is 2. The summed E-state index contributed by atoms with van der Waals surface area (Å²) in [5.74, 6) is 1.81. The minimum atomic E-state index is -0.126. The number of carbonyl (C=O) groups is 2. The number of imide groups is 1. The molecule has 2 fully saturated rings. The highest BCUT2D eigenvalue weighted by atomic mass is 127. The predicted molar refractivity (Wildman–Crippen MR) is 124 cm³/mol. The normalized spacial score (nSPS) is 26.9. The average Bonchev–Trinajstić information content (AvgIpc) is 3.45. The quantitative estimate of drug-likeness (QED) is 0.140. The number of aromatic nitrogens is 1. The van der Waals surface area contributed by atoms with Gasteiger partial charge in [-0.2, -0.15) is 0 Å². The van der Waals surface area contributed by atoms with Crippen molar-refractivity contribution in [1.82, 2.24) is 20.7 Å². The molecule has 0 radical (unpaired) electrons.